The Kier molecular flexibility index (Phi) is 6.04. The average Bonchev–Trinajstić information content (AvgIpc) is 3.60. The third kappa shape index (κ3) is 3.81. The van der Waals surface area contributed by atoms with Crippen LogP contribution in [0.3, 0.4) is 0 Å². The topological polar surface area (TPSA) is 48.8 Å². The second kappa shape index (κ2) is 10.5. The first-order chi connectivity index (χ1) is 24.3. The summed E-state index contributed by atoms with van der Waals surface area (Å²) in [6, 6.07) is 36.3. The van der Waals surface area contributed by atoms with Crippen molar-refractivity contribution in [2.24, 2.45) is 5.92 Å². The van der Waals surface area contributed by atoms with Crippen molar-refractivity contribution < 1.29 is 4.42 Å². The lowest BCUT2D eigenvalue weighted by Gasteiger charge is -2.26. The number of hydrogen-bond acceptors (Lipinski definition) is 3. The van der Waals surface area contributed by atoms with Gasteiger partial charge >= 0.3 is 0 Å². The van der Waals surface area contributed by atoms with Gasteiger partial charge in [-0.15, -0.1) is 0 Å². The van der Waals surface area contributed by atoms with Crippen molar-refractivity contribution in [2.45, 2.75) is 32.2 Å². The zero-order chi connectivity index (χ0) is 32.7. The quantitative estimate of drug-likeness (QED) is 0.194. The number of benzene rings is 3. The van der Waals surface area contributed by atoms with Crippen molar-refractivity contribution in [3.8, 4) is 5.69 Å². The summed E-state index contributed by atoms with van der Waals surface area (Å²) in [5.74, 6) is 1.32. The number of fused-ring (bicyclic) bond motifs is 11. The first-order valence-electron chi connectivity index (χ1n) is 17.3. The molecule has 5 aromatic heterocycles. The van der Waals surface area contributed by atoms with Gasteiger partial charge in [-0.25, -0.2) is 0 Å². The van der Waals surface area contributed by atoms with E-state index in [0.29, 0.717) is 0 Å². The maximum Gasteiger partial charge on any atom is 0.139 e. The highest BCUT2D eigenvalue weighted by molar-refractivity contribution is 6.06. The van der Waals surface area contributed by atoms with Gasteiger partial charge < -0.3 is 13.6 Å². The lowest BCUT2D eigenvalue weighted by Crippen LogP contribution is -2.24. The number of furan rings is 1. The van der Waals surface area contributed by atoms with Crippen LogP contribution >= 0.6 is 0 Å². The van der Waals surface area contributed by atoms with E-state index < -0.39 is 0 Å². The van der Waals surface area contributed by atoms with Gasteiger partial charge in [0.05, 0.1) is 33.3 Å². The Balaban J connectivity index is 0.00000150. The fourth-order valence-electron chi connectivity index (χ4n) is 8.59. The van der Waals surface area contributed by atoms with Crippen LogP contribution in [-0.4, -0.2) is 19.1 Å². The van der Waals surface area contributed by atoms with Gasteiger partial charge in [-0.1, -0.05) is 80.6 Å². The molecular formula is C44H34N4O. The second-order valence-corrected chi connectivity index (χ2v) is 12.9. The third-order valence-corrected chi connectivity index (χ3v) is 10.6. The van der Waals surface area contributed by atoms with E-state index in [1.165, 1.54) is 38.9 Å². The van der Waals surface area contributed by atoms with Crippen LogP contribution in [0.1, 0.15) is 42.8 Å². The van der Waals surface area contributed by atoms with Crippen molar-refractivity contribution in [1.82, 2.24) is 19.1 Å². The molecule has 2 unspecified atom stereocenters. The summed E-state index contributed by atoms with van der Waals surface area (Å²) in [4.78, 5) is 9.76. The summed E-state index contributed by atoms with van der Waals surface area (Å²) >= 11 is 0. The normalized spacial score (nSPS) is 19.1. The smallest absolute Gasteiger partial charge is 0.139 e. The number of aromatic nitrogens is 4. The number of hydrogen-bond donors (Lipinski definition) is 0. The molecule has 0 bridgehead atoms. The minimum absolute atomic E-state index is 0.259. The molecule has 49 heavy (non-hydrogen) atoms. The Labute approximate surface area is 284 Å². The summed E-state index contributed by atoms with van der Waals surface area (Å²) < 4.78 is 11.7. The molecule has 8 aromatic rings. The summed E-state index contributed by atoms with van der Waals surface area (Å²) in [5.41, 5.74) is 13.6. The molecule has 236 valence electrons. The molecule has 0 radical (unpaired) electrons. The number of nitrogens with zero attached hydrogens (tertiary/aromatic N) is 4. The van der Waals surface area contributed by atoms with E-state index >= 15 is 0 Å². The molecule has 5 nitrogen and oxygen atoms in total. The van der Waals surface area contributed by atoms with Gasteiger partial charge in [-0.2, -0.15) is 0 Å². The number of para-hydroxylation sites is 3. The molecule has 3 aliphatic carbocycles. The molecule has 0 amide bonds. The summed E-state index contributed by atoms with van der Waals surface area (Å²) in [7, 11) is 0. The Morgan fingerprint density at radius 3 is 2.29 bits per heavy atom. The van der Waals surface area contributed by atoms with Crippen LogP contribution in [0.4, 0.5) is 0 Å². The van der Waals surface area contributed by atoms with E-state index in [1.54, 1.807) is 0 Å². The van der Waals surface area contributed by atoms with E-state index in [0.717, 1.165) is 57.3 Å². The van der Waals surface area contributed by atoms with E-state index in [9.17, 15) is 0 Å². The maximum atomic E-state index is 6.85. The fraction of sp³-hybridized carbons (Fsp3) is 0.136. The molecule has 11 rings (SSSR count). The second-order valence-electron chi connectivity index (χ2n) is 12.9. The highest BCUT2D eigenvalue weighted by Gasteiger charge is 2.64. The first kappa shape index (κ1) is 28.1. The Bertz CT molecular complexity index is 2650. The van der Waals surface area contributed by atoms with Gasteiger partial charge in [0.15, 0.2) is 0 Å². The van der Waals surface area contributed by atoms with Crippen LogP contribution in [0, 0.1) is 5.92 Å². The van der Waals surface area contributed by atoms with Gasteiger partial charge in [-0.05, 0) is 84.7 Å². The standard InChI is InChI=1S/C42H28N4O.C2H6/c1-2-10-27(11-3-1)45-34-21-19-26(18-20-30(34)39-36(45)15-8-22-43-39)31-24-32-28-12-5-7-17-38(28)47-41(32)42(25-33(31)42)46-35-14-6-4-13-29(35)40-37(46)16-9-23-44-40;1-2/h1-19,21-24,33H,20,25H2;1-2H3. The lowest BCUT2D eigenvalue weighted by atomic mass is 9.87. The number of pyridine rings is 2. The van der Waals surface area contributed by atoms with E-state index in [4.69, 9.17) is 14.4 Å². The molecule has 5 heteroatoms. The van der Waals surface area contributed by atoms with Crippen molar-refractivity contribution in [1.29, 1.82) is 0 Å². The maximum absolute atomic E-state index is 6.85. The van der Waals surface area contributed by atoms with Crippen molar-refractivity contribution in [3.63, 3.8) is 0 Å². The first-order valence-corrected chi connectivity index (χ1v) is 17.3. The molecule has 3 aromatic carbocycles. The molecule has 3 aliphatic rings. The molecule has 0 saturated heterocycles. The van der Waals surface area contributed by atoms with Gasteiger partial charge in [0.2, 0.25) is 0 Å². The van der Waals surface area contributed by atoms with Gasteiger partial charge in [-0.3, -0.25) is 9.97 Å². The monoisotopic (exact) mass is 634 g/mol. The summed E-state index contributed by atoms with van der Waals surface area (Å²) in [5, 5.41) is 2.34. The van der Waals surface area contributed by atoms with E-state index in [2.05, 4.69) is 131 Å². The minimum Gasteiger partial charge on any atom is -0.458 e. The van der Waals surface area contributed by atoms with Crippen LogP contribution in [0.25, 0.3) is 61.8 Å². The third-order valence-electron chi connectivity index (χ3n) is 10.6. The Morgan fingerprint density at radius 2 is 1.43 bits per heavy atom. The van der Waals surface area contributed by atoms with E-state index in [-0.39, 0.29) is 11.5 Å². The van der Waals surface area contributed by atoms with Crippen LogP contribution in [0.2, 0.25) is 0 Å². The summed E-state index contributed by atoms with van der Waals surface area (Å²) in [6.07, 6.45) is 15.1. The molecule has 0 spiro atoms. The highest BCUT2D eigenvalue weighted by Crippen LogP contribution is 2.66. The largest absolute Gasteiger partial charge is 0.458 e. The van der Waals surface area contributed by atoms with Crippen molar-refractivity contribution in [2.75, 3.05) is 0 Å². The highest BCUT2D eigenvalue weighted by atomic mass is 16.3. The SMILES string of the molecule is C1=Cc2c(c3ncccc3n2-c2ccccc2)CC=C1C1=Cc2c(oc3ccccc23)C2(n3c4ccccc4c4ncccc43)CC12.CC. The average molecular weight is 635 g/mol. The van der Waals surface area contributed by atoms with Crippen molar-refractivity contribution in [3.05, 3.63) is 161 Å². The van der Waals surface area contributed by atoms with Crippen molar-refractivity contribution >= 4 is 56.1 Å². The van der Waals surface area contributed by atoms with Gasteiger partial charge in [0.1, 0.15) is 16.9 Å². The molecular weight excluding hydrogens is 601 g/mol. The van der Waals surface area contributed by atoms with Gasteiger partial charge in [0, 0.05) is 45.9 Å². The molecule has 1 saturated carbocycles. The van der Waals surface area contributed by atoms with Gasteiger partial charge in [0.25, 0.3) is 0 Å². The van der Waals surface area contributed by atoms with Crippen LogP contribution in [0.5, 0.6) is 0 Å². The Morgan fingerprint density at radius 1 is 0.714 bits per heavy atom. The molecule has 0 N–H and O–H groups in total. The molecule has 0 aliphatic heterocycles. The number of allylic oxidation sites excluding steroid dienone is 4. The van der Waals surface area contributed by atoms with Crippen LogP contribution in [0.15, 0.2) is 143 Å². The molecule has 2 atom stereocenters. The zero-order valence-corrected chi connectivity index (χ0v) is 27.5. The molecule has 5 heterocycles. The lowest BCUT2D eigenvalue weighted by molar-refractivity contribution is 0.428. The fourth-order valence-corrected chi connectivity index (χ4v) is 8.59. The summed E-state index contributed by atoms with van der Waals surface area (Å²) in [6.45, 7) is 4.00. The van der Waals surface area contributed by atoms with E-state index in [1.807, 2.05) is 32.3 Å². The van der Waals surface area contributed by atoms with Crippen LogP contribution < -0.4 is 0 Å². The van der Waals surface area contributed by atoms with Crippen LogP contribution in [-0.2, 0) is 12.0 Å². The predicted molar refractivity (Wildman–Crippen MR) is 200 cm³/mol. The molecule has 1 fully saturated rings. The minimum atomic E-state index is -0.343. The predicted octanol–water partition coefficient (Wildman–Crippen LogP) is 10.7. The number of rotatable bonds is 3. The Hall–Kier alpha value is -5.94. The zero-order valence-electron chi connectivity index (χ0n) is 27.5.